The van der Waals surface area contributed by atoms with Gasteiger partial charge in [0.05, 0.1) is 5.39 Å². The molecule has 0 spiro atoms. The number of aryl methyl sites for hydroxylation is 1. The fourth-order valence-electron chi connectivity index (χ4n) is 3.19. The van der Waals surface area contributed by atoms with Gasteiger partial charge in [0, 0.05) is 17.5 Å². The van der Waals surface area contributed by atoms with Gasteiger partial charge < -0.3 is 4.90 Å². The first-order valence-electron chi connectivity index (χ1n) is 7.39. The van der Waals surface area contributed by atoms with Crippen LogP contribution in [0, 0.1) is 6.92 Å². The Morgan fingerprint density at radius 3 is 2.75 bits per heavy atom. The van der Waals surface area contributed by atoms with Crippen LogP contribution in [0.3, 0.4) is 0 Å². The van der Waals surface area contributed by atoms with E-state index >= 15 is 0 Å². The van der Waals surface area contributed by atoms with Crippen LogP contribution >= 0.6 is 22.9 Å². The molecule has 0 bridgehead atoms. The van der Waals surface area contributed by atoms with E-state index in [0.29, 0.717) is 11.3 Å². The first kappa shape index (κ1) is 14.1. The maximum absolute atomic E-state index is 6.13. The number of nitrogens with zero attached hydrogens (tertiary/aromatic N) is 3. The van der Waals surface area contributed by atoms with Gasteiger partial charge in [0.1, 0.15) is 10.6 Å². The summed E-state index contributed by atoms with van der Waals surface area (Å²) in [5.74, 6) is 1.03. The Morgan fingerprint density at radius 1 is 1.30 bits per heavy atom. The lowest BCUT2D eigenvalue weighted by molar-refractivity contribution is 0.417. The molecule has 2 aromatic rings. The molecule has 0 saturated heterocycles. The summed E-state index contributed by atoms with van der Waals surface area (Å²) >= 11 is 7.82. The van der Waals surface area contributed by atoms with E-state index in [9.17, 15) is 0 Å². The van der Waals surface area contributed by atoms with Crippen LogP contribution in [0.25, 0.3) is 10.2 Å². The largest absolute Gasteiger partial charge is 0.353 e. The molecule has 0 N–H and O–H groups in total. The summed E-state index contributed by atoms with van der Waals surface area (Å²) in [6.07, 6.45) is 6.54. The van der Waals surface area contributed by atoms with Crippen LogP contribution in [0.15, 0.2) is 6.07 Å². The van der Waals surface area contributed by atoms with Crippen LogP contribution < -0.4 is 4.90 Å². The van der Waals surface area contributed by atoms with Crippen molar-refractivity contribution in [3.8, 4) is 0 Å². The second-order valence-electron chi connectivity index (χ2n) is 5.47. The van der Waals surface area contributed by atoms with E-state index in [2.05, 4.69) is 34.8 Å². The van der Waals surface area contributed by atoms with Crippen LogP contribution in [0.1, 0.15) is 43.9 Å². The van der Waals surface area contributed by atoms with Crippen molar-refractivity contribution in [1.29, 1.82) is 0 Å². The lowest BCUT2D eigenvalue weighted by Gasteiger charge is -2.34. The number of fused-ring (bicyclic) bond motifs is 1. The predicted octanol–water partition coefficient (Wildman–Crippen LogP) is 4.81. The van der Waals surface area contributed by atoms with Gasteiger partial charge in [0.15, 0.2) is 0 Å². The number of anilines is 1. The zero-order valence-electron chi connectivity index (χ0n) is 12.0. The van der Waals surface area contributed by atoms with Crippen molar-refractivity contribution >= 4 is 39.0 Å². The topological polar surface area (TPSA) is 29.0 Å². The van der Waals surface area contributed by atoms with Crippen LogP contribution in [0.2, 0.25) is 5.28 Å². The van der Waals surface area contributed by atoms with Crippen LogP contribution in [-0.4, -0.2) is 22.6 Å². The van der Waals surface area contributed by atoms with Gasteiger partial charge in [0.2, 0.25) is 5.28 Å². The molecule has 0 radical (unpaired) electrons. The van der Waals surface area contributed by atoms with Crippen molar-refractivity contribution in [3.05, 3.63) is 16.2 Å². The van der Waals surface area contributed by atoms with Crippen molar-refractivity contribution in [2.24, 2.45) is 0 Å². The molecular weight excluding hydrogens is 290 g/mol. The molecule has 0 aromatic carbocycles. The third-order valence-electron chi connectivity index (χ3n) is 4.10. The van der Waals surface area contributed by atoms with Gasteiger partial charge in [-0.2, -0.15) is 4.98 Å². The van der Waals surface area contributed by atoms with Crippen molar-refractivity contribution in [1.82, 2.24) is 9.97 Å². The summed E-state index contributed by atoms with van der Waals surface area (Å²) in [4.78, 5) is 13.6. The number of halogens is 1. The van der Waals surface area contributed by atoms with E-state index in [1.54, 1.807) is 11.3 Å². The van der Waals surface area contributed by atoms with Gasteiger partial charge in [0.25, 0.3) is 0 Å². The van der Waals surface area contributed by atoms with Gasteiger partial charge in [-0.15, -0.1) is 11.3 Å². The Balaban J connectivity index is 2.05. The summed E-state index contributed by atoms with van der Waals surface area (Å²) in [5, 5.41) is 1.52. The van der Waals surface area contributed by atoms with Gasteiger partial charge in [-0.1, -0.05) is 19.3 Å². The summed E-state index contributed by atoms with van der Waals surface area (Å²) in [6, 6.07) is 2.79. The number of thiophene rings is 1. The highest BCUT2D eigenvalue weighted by Crippen LogP contribution is 2.34. The molecule has 2 heterocycles. The molecule has 5 heteroatoms. The molecular formula is C15H20ClN3S. The Morgan fingerprint density at radius 2 is 2.05 bits per heavy atom. The molecule has 108 valence electrons. The highest BCUT2D eigenvalue weighted by Gasteiger charge is 2.24. The van der Waals surface area contributed by atoms with Crippen LogP contribution in [-0.2, 0) is 0 Å². The molecule has 1 fully saturated rings. The molecule has 3 nitrogen and oxygen atoms in total. The molecule has 1 aliphatic rings. The van der Waals surface area contributed by atoms with E-state index in [0.717, 1.165) is 22.6 Å². The third-order valence-corrected chi connectivity index (χ3v) is 5.21. The minimum atomic E-state index is 0.364. The van der Waals surface area contributed by atoms with E-state index < -0.39 is 0 Å². The second kappa shape index (κ2) is 5.86. The van der Waals surface area contributed by atoms with E-state index in [-0.39, 0.29) is 0 Å². The fourth-order valence-corrected chi connectivity index (χ4v) is 4.28. The SMILES string of the molecule is CCN(c1nc(Cl)nc2sc(C)cc12)C1CCCCC1. The van der Waals surface area contributed by atoms with Gasteiger partial charge >= 0.3 is 0 Å². The first-order chi connectivity index (χ1) is 9.69. The van der Waals surface area contributed by atoms with Crippen molar-refractivity contribution < 1.29 is 0 Å². The highest BCUT2D eigenvalue weighted by atomic mass is 35.5. The molecule has 1 aliphatic carbocycles. The zero-order valence-corrected chi connectivity index (χ0v) is 13.6. The molecule has 20 heavy (non-hydrogen) atoms. The summed E-state index contributed by atoms with van der Waals surface area (Å²) in [7, 11) is 0. The second-order valence-corrected chi connectivity index (χ2v) is 7.04. The van der Waals surface area contributed by atoms with Crippen molar-refractivity contribution in [2.45, 2.75) is 52.0 Å². The number of hydrogen-bond acceptors (Lipinski definition) is 4. The first-order valence-corrected chi connectivity index (χ1v) is 8.59. The quantitative estimate of drug-likeness (QED) is 0.762. The molecule has 0 atom stereocenters. The average Bonchev–Trinajstić information content (AvgIpc) is 2.81. The average molecular weight is 310 g/mol. The number of rotatable bonds is 3. The van der Waals surface area contributed by atoms with Crippen LogP contribution in [0.5, 0.6) is 0 Å². The van der Waals surface area contributed by atoms with E-state index in [1.165, 1.54) is 37.0 Å². The summed E-state index contributed by atoms with van der Waals surface area (Å²) in [6.45, 7) is 5.29. The van der Waals surface area contributed by atoms with E-state index in [4.69, 9.17) is 11.6 Å². The number of aromatic nitrogens is 2. The minimum Gasteiger partial charge on any atom is -0.353 e. The minimum absolute atomic E-state index is 0.364. The Kier molecular flexibility index (Phi) is 4.13. The van der Waals surface area contributed by atoms with Crippen molar-refractivity contribution in [3.63, 3.8) is 0 Å². The monoisotopic (exact) mass is 309 g/mol. The normalized spacial score (nSPS) is 16.8. The van der Waals surface area contributed by atoms with E-state index in [1.807, 2.05) is 0 Å². The van der Waals surface area contributed by atoms with Gasteiger partial charge in [-0.3, -0.25) is 0 Å². The Labute approximate surface area is 129 Å². The summed E-state index contributed by atoms with van der Waals surface area (Å²) in [5.41, 5.74) is 0. The van der Waals surface area contributed by atoms with Crippen molar-refractivity contribution in [2.75, 3.05) is 11.4 Å². The van der Waals surface area contributed by atoms with Gasteiger partial charge in [-0.25, -0.2) is 4.98 Å². The Bertz CT molecular complexity index is 604. The molecule has 0 unspecified atom stereocenters. The molecule has 2 aromatic heterocycles. The standard InChI is InChI=1S/C15H20ClN3S/c1-3-19(11-7-5-4-6-8-11)13-12-9-10(2)20-14(12)18-15(16)17-13/h9,11H,3-8H2,1-2H3. The third kappa shape index (κ3) is 2.63. The maximum atomic E-state index is 6.13. The predicted molar refractivity (Wildman–Crippen MR) is 87.1 cm³/mol. The van der Waals surface area contributed by atoms with Gasteiger partial charge in [-0.05, 0) is 44.4 Å². The molecule has 3 rings (SSSR count). The molecule has 0 amide bonds. The molecule has 1 saturated carbocycles. The lowest BCUT2D eigenvalue weighted by atomic mass is 9.94. The lowest BCUT2D eigenvalue weighted by Crippen LogP contribution is -2.37. The Hall–Kier alpha value is -0.870. The molecule has 0 aliphatic heterocycles. The highest BCUT2D eigenvalue weighted by molar-refractivity contribution is 7.18. The summed E-state index contributed by atoms with van der Waals surface area (Å²) < 4.78 is 0. The maximum Gasteiger partial charge on any atom is 0.225 e. The van der Waals surface area contributed by atoms with Crippen LogP contribution in [0.4, 0.5) is 5.82 Å². The zero-order chi connectivity index (χ0) is 14.1. The smallest absolute Gasteiger partial charge is 0.225 e. The fraction of sp³-hybridized carbons (Fsp3) is 0.600. The number of hydrogen-bond donors (Lipinski definition) is 0.